The van der Waals surface area contributed by atoms with Gasteiger partial charge in [0.15, 0.2) is 6.10 Å². The number of halogens is 1. The van der Waals surface area contributed by atoms with Crippen molar-refractivity contribution < 1.29 is 28.6 Å². The molecule has 0 heterocycles. The third-order valence-corrected chi connectivity index (χ3v) is 4.07. The van der Waals surface area contributed by atoms with Crippen molar-refractivity contribution in [3.63, 3.8) is 0 Å². The van der Waals surface area contributed by atoms with Crippen LogP contribution in [0, 0.1) is 0 Å². The molecule has 1 N–H and O–H groups in total. The number of ether oxygens (including phenoxy) is 3. The van der Waals surface area contributed by atoms with Gasteiger partial charge >= 0.3 is 5.97 Å². The first-order chi connectivity index (χ1) is 13.3. The fraction of sp³-hybridized carbons (Fsp3) is 0.250. The van der Waals surface area contributed by atoms with Gasteiger partial charge in [-0.2, -0.15) is 0 Å². The lowest BCUT2D eigenvalue weighted by Crippen LogP contribution is -2.34. The minimum atomic E-state index is -0.998. The standard InChI is InChI=1S/C20H20ClNO6/c1-12(19(24)13-4-6-15(21)7-5-13)28-18(23)11-22-20(25)14-8-16(26-2)10-17(9-14)27-3/h4-10,12H,11H2,1-3H3,(H,22,25)/t12-/m1/s1. The van der Waals surface area contributed by atoms with Gasteiger partial charge in [-0.25, -0.2) is 0 Å². The third-order valence-electron chi connectivity index (χ3n) is 3.81. The number of Topliss-reactive ketones (excluding diaryl/α,β-unsaturated/α-hetero) is 1. The zero-order valence-corrected chi connectivity index (χ0v) is 16.4. The maximum Gasteiger partial charge on any atom is 0.326 e. The van der Waals surface area contributed by atoms with Crippen LogP contribution in [0.1, 0.15) is 27.6 Å². The summed E-state index contributed by atoms with van der Waals surface area (Å²) in [6.45, 7) is 1.07. The van der Waals surface area contributed by atoms with Gasteiger partial charge in [0.05, 0.1) is 14.2 Å². The molecular formula is C20H20ClNO6. The van der Waals surface area contributed by atoms with E-state index in [1.807, 2.05) is 0 Å². The average Bonchev–Trinajstić information content (AvgIpc) is 2.71. The van der Waals surface area contributed by atoms with Crippen molar-refractivity contribution in [2.75, 3.05) is 20.8 Å². The molecule has 2 aromatic rings. The Kier molecular flexibility index (Phi) is 7.40. The number of nitrogens with one attached hydrogen (secondary N) is 1. The topological polar surface area (TPSA) is 90.9 Å². The normalized spacial score (nSPS) is 11.3. The predicted octanol–water partition coefficient (Wildman–Crippen LogP) is 2.90. The summed E-state index contributed by atoms with van der Waals surface area (Å²) in [4.78, 5) is 36.5. The van der Waals surface area contributed by atoms with E-state index in [0.717, 1.165) is 0 Å². The minimum absolute atomic E-state index is 0.259. The largest absolute Gasteiger partial charge is 0.497 e. The van der Waals surface area contributed by atoms with E-state index >= 15 is 0 Å². The van der Waals surface area contributed by atoms with E-state index in [-0.39, 0.29) is 11.3 Å². The number of methoxy groups -OCH3 is 2. The van der Waals surface area contributed by atoms with Crippen molar-refractivity contribution in [1.29, 1.82) is 0 Å². The first kappa shape index (κ1) is 21.2. The summed E-state index contributed by atoms with van der Waals surface area (Å²) in [5.41, 5.74) is 0.631. The number of rotatable bonds is 8. The predicted molar refractivity (Wildman–Crippen MR) is 103 cm³/mol. The maximum absolute atomic E-state index is 12.3. The smallest absolute Gasteiger partial charge is 0.326 e. The van der Waals surface area contributed by atoms with Crippen molar-refractivity contribution >= 4 is 29.3 Å². The van der Waals surface area contributed by atoms with Gasteiger partial charge in [-0.05, 0) is 43.3 Å². The minimum Gasteiger partial charge on any atom is -0.497 e. The quantitative estimate of drug-likeness (QED) is 0.536. The molecule has 0 fully saturated rings. The number of ketones is 1. The van der Waals surface area contributed by atoms with E-state index in [1.165, 1.54) is 33.3 Å². The van der Waals surface area contributed by atoms with Gasteiger partial charge in [0, 0.05) is 22.2 Å². The second kappa shape index (κ2) is 9.75. The lowest BCUT2D eigenvalue weighted by molar-refractivity contribution is -0.145. The Hall–Kier alpha value is -3.06. The Labute approximate surface area is 167 Å². The molecule has 0 aliphatic heterocycles. The molecule has 0 radical (unpaired) electrons. The molecule has 8 heteroatoms. The van der Waals surface area contributed by atoms with Crippen molar-refractivity contribution in [2.24, 2.45) is 0 Å². The molecule has 0 aliphatic carbocycles. The van der Waals surface area contributed by atoms with Gasteiger partial charge in [0.2, 0.25) is 5.78 Å². The van der Waals surface area contributed by atoms with Crippen LogP contribution in [0.15, 0.2) is 42.5 Å². The average molecular weight is 406 g/mol. The SMILES string of the molecule is COc1cc(OC)cc(C(=O)NCC(=O)O[C@H](C)C(=O)c2ccc(Cl)cc2)c1. The zero-order valence-electron chi connectivity index (χ0n) is 15.7. The summed E-state index contributed by atoms with van der Waals surface area (Å²) >= 11 is 5.79. The molecule has 1 atom stereocenters. The van der Waals surface area contributed by atoms with E-state index in [2.05, 4.69) is 5.32 Å². The lowest BCUT2D eigenvalue weighted by Gasteiger charge is -2.13. The Morgan fingerprint density at radius 2 is 1.54 bits per heavy atom. The molecule has 0 unspecified atom stereocenters. The molecule has 0 aliphatic rings. The Balaban J connectivity index is 1.92. The van der Waals surface area contributed by atoms with Crippen LogP contribution in [-0.2, 0) is 9.53 Å². The van der Waals surface area contributed by atoms with E-state index < -0.39 is 24.5 Å². The van der Waals surface area contributed by atoms with Crippen LogP contribution in [0.2, 0.25) is 5.02 Å². The zero-order chi connectivity index (χ0) is 20.7. The monoisotopic (exact) mass is 405 g/mol. The maximum atomic E-state index is 12.3. The van der Waals surface area contributed by atoms with E-state index in [4.69, 9.17) is 25.8 Å². The van der Waals surface area contributed by atoms with Crippen LogP contribution in [0.3, 0.4) is 0 Å². The number of amides is 1. The van der Waals surface area contributed by atoms with Gasteiger partial charge in [-0.1, -0.05) is 11.6 Å². The molecule has 148 valence electrons. The highest BCUT2D eigenvalue weighted by molar-refractivity contribution is 6.30. The van der Waals surface area contributed by atoms with Crippen molar-refractivity contribution in [3.05, 3.63) is 58.6 Å². The molecule has 2 rings (SSSR count). The Morgan fingerprint density at radius 1 is 0.964 bits per heavy atom. The molecule has 0 saturated carbocycles. The van der Waals surface area contributed by atoms with Crippen molar-refractivity contribution in [2.45, 2.75) is 13.0 Å². The fourth-order valence-corrected chi connectivity index (χ4v) is 2.46. The first-order valence-corrected chi connectivity index (χ1v) is 8.72. The summed E-state index contributed by atoms with van der Waals surface area (Å²) in [6.07, 6.45) is -0.998. The van der Waals surface area contributed by atoms with Gasteiger partial charge in [0.25, 0.3) is 5.91 Å². The van der Waals surface area contributed by atoms with Crippen LogP contribution in [-0.4, -0.2) is 44.5 Å². The summed E-state index contributed by atoms with van der Waals surface area (Å²) in [5.74, 6) is -0.735. The number of hydrogen-bond acceptors (Lipinski definition) is 6. The van der Waals surface area contributed by atoms with E-state index in [0.29, 0.717) is 22.1 Å². The van der Waals surface area contributed by atoms with Crippen LogP contribution in [0.5, 0.6) is 11.5 Å². The van der Waals surface area contributed by atoms with Crippen molar-refractivity contribution in [3.8, 4) is 11.5 Å². The summed E-state index contributed by atoms with van der Waals surface area (Å²) < 4.78 is 15.3. The molecule has 0 saturated heterocycles. The number of carbonyl (C=O) groups excluding carboxylic acids is 3. The summed E-state index contributed by atoms with van der Waals surface area (Å²) in [6, 6.07) is 10.9. The summed E-state index contributed by atoms with van der Waals surface area (Å²) in [7, 11) is 2.93. The number of carbonyl (C=O) groups is 3. The Bertz CT molecular complexity index is 843. The number of hydrogen-bond donors (Lipinski definition) is 1. The molecule has 7 nitrogen and oxygen atoms in total. The Morgan fingerprint density at radius 3 is 2.07 bits per heavy atom. The molecule has 0 bridgehead atoms. The number of benzene rings is 2. The van der Waals surface area contributed by atoms with Crippen LogP contribution in [0.4, 0.5) is 0 Å². The lowest BCUT2D eigenvalue weighted by atomic mass is 10.1. The third kappa shape index (κ3) is 5.72. The molecule has 0 aromatic heterocycles. The highest BCUT2D eigenvalue weighted by Gasteiger charge is 2.20. The van der Waals surface area contributed by atoms with Crippen LogP contribution in [0.25, 0.3) is 0 Å². The van der Waals surface area contributed by atoms with Gasteiger partial charge in [-0.3, -0.25) is 14.4 Å². The van der Waals surface area contributed by atoms with Gasteiger partial charge in [-0.15, -0.1) is 0 Å². The molecule has 28 heavy (non-hydrogen) atoms. The second-order valence-corrected chi connectivity index (χ2v) is 6.22. The highest BCUT2D eigenvalue weighted by atomic mass is 35.5. The van der Waals surface area contributed by atoms with E-state index in [1.54, 1.807) is 30.3 Å². The molecule has 2 aromatic carbocycles. The van der Waals surface area contributed by atoms with Crippen LogP contribution >= 0.6 is 11.6 Å². The number of esters is 1. The molecule has 0 spiro atoms. The summed E-state index contributed by atoms with van der Waals surface area (Å²) in [5, 5.41) is 2.94. The first-order valence-electron chi connectivity index (χ1n) is 8.34. The van der Waals surface area contributed by atoms with Gasteiger partial charge in [0.1, 0.15) is 18.0 Å². The second-order valence-electron chi connectivity index (χ2n) is 5.79. The van der Waals surface area contributed by atoms with Gasteiger partial charge < -0.3 is 19.5 Å². The van der Waals surface area contributed by atoms with Crippen LogP contribution < -0.4 is 14.8 Å². The highest BCUT2D eigenvalue weighted by Crippen LogP contribution is 2.22. The molecule has 1 amide bonds. The van der Waals surface area contributed by atoms with Crippen molar-refractivity contribution in [1.82, 2.24) is 5.32 Å². The van der Waals surface area contributed by atoms with E-state index in [9.17, 15) is 14.4 Å². The fourth-order valence-electron chi connectivity index (χ4n) is 2.33. The molecular weight excluding hydrogens is 386 g/mol.